The fourth-order valence-electron chi connectivity index (χ4n) is 1.64. The summed E-state index contributed by atoms with van der Waals surface area (Å²) in [6.45, 7) is 0. The van der Waals surface area contributed by atoms with Crippen LogP contribution in [0.2, 0.25) is 0 Å². The van der Waals surface area contributed by atoms with E-state index >= 15 is 0 Å². The summed E-state index contributed by atoms with van der Waals surface area (Å²) in [5.41, 5.74) is 0.495. The van der Waals surface area contributed by atoms with Crippen LogP contribution in [-0.4, -0.2) is 17.0 Å². The van der Waals surface area contributed by atoms with Gasteiger partial charge in [0.15, 0.2) is 0 Å². The number of aromatic nitrogens is 2. The van der Waals surface area contributed by atoms with Gasteiger partial charge in [-0.15, -0.1) is 0 Å². The predicted octanol–water partition coefficient (Wildman–Crippen LogP) is 2.00. The molecule has 1 aromatic heterocycles. The number of imidazole rings is 1. The smallest absolute Gasteiger partial charge is 0.127 e. The molecule has 1 heterocycles. The Bertz CT molecular complexity index is 448. The molecule has 0 fully saturated rings. The van der Waals surface area contributed by atoms with Crippen molar-refractivity contribution in [2.45, 2.75) is 6.04 Å². The minimum absolute atomic E-state index is 0.347. The Morgan fingerprint density at radius 1 is 1.25 bits per heavy atom. The maximum atomic E-state index is 13.1. The minimum Gasteiger partial charge on any atom is -0.347 e. The van der Waals surface area contributed by atoms with Crippen molar-refractivity contribution in [3.05, 3.63) is 53.6 Å². The van der Waals surface area contributed by atoms with Gasteiger partial charge in [0.05, 0.1) is 6.04 Å². The van der Waals surface area contributed by atoms with Gasteiger partial charge < -0.3 is 10.3 Å². The molecule has 2 rings (SSSR count). The SMILES string of the molecule is CNC(c1cc(F)cc(F)c1)c1ncc[nH]1. The number of benzene rings is 1. The maximum absolute atomic E-state index is 13.1. The lowest BCUT2D eigenvalue weighted by atomic mass is 10.1. The van der Waals surface area contributed by atoms with Gasteiger partial charge in [-0.1, -0.05) is 0 Å². The van der Waals surface area contributed by atoms with E-state index in [0.29, 0.717) is 11.4 Å². The molecule has 0 saturated carbocycles. The topological polar surface area (TPSA) is 40.7 Å². The summed E-state index contributed by atoms with van der Waals surface area (Å²) in [6, 6.07) is 3.07. The van der Waals surface area contributed by atoms with E-state index in [2.05, 4.69) is 15.3 Å². The second-order valence-corrected chi connectivity index (χ2v) is 3.40. The molecule has 0 aliphatic heterocycles. The van der Waals surface area contributed by atoms with E-state index < -0.39 is 11.6 Å². The predicted molar refractivity (Wildman–Crippen MR) is 55.8 cm³/mol. The van der Waals surface area contributed by atoms with Gasteiger partial charge in [-0.3, -0.25) is 0 Å². The Morgan fingerprint density at radius 3 is 2.44 bits per heavy atom. The number of aromatic amines is 1. The Labute approximate surface area is 91.5 Å². The van der Waals surface area contributed by atoms with Crippen molar-refractivity contribution >= 4 is 0 Å². The molecule has 0 radical (unpaired) electrons. The summed E-state index contributed by atoms with van der Waals surface area (Å²) in [5.74, 6) is -0.573. The van der Waals surface area contributed by atoms with Gasteiger partial charge in [0.2, 0.25) is 0 Å². The summed E-state index contributed by atoms with van der Waals surface area (Å²) >= 11 is 0. The molecule has 3 nitrogen and oxygen atoms in total. The standard InChI is InChI=1S/C11H11F2N3/c1-14-10(11-15-2-3-16-11)7-4-8(12)6-9(13)5-7/h2-6,10,14H,1H3,(H,15,16). The first kappa shape index (κ1) is 10.8. The van der Waals surface area contributed by atoms with Crippen molar-refractivity contribution in [1.29, 1.82) is 0 Å². The van der Waals surface area contributed by atoms with E-state index in [0.717, 1.165) is 6.07 Å². The molecule has 1 atom stereocenters. The van der Waals surface area contributed by atoms with Gasteiger partial charge >= 0.3 is 0 Å². The van der Waals surface area contributed by atoms with Gasteiger partial charge in [-0.05, 0) is 24.7 Å². The van der Waals surface area contributed by atoms with Gasteiger partial charge in [0, 0.05) is 18.5 Å². The van der Waals surface area contributed by atoms with Crippen LogP contribution in [0.15, 0.2) is 30.6 Å². The van der Waals surface area contributed by atoms with Gasteiger partial charge in [-0.25, -0.2) is 13.8 Å². The first-order chi connectivity index (χ1) is 7.70. The second-order valence-electron chi connectivity index (χ2n) is 3.40. The first-order valence-electron chi connectivity index (χ1n) is 4.83. The Kier molecular flexibility index (Phi) is 2.96. The Hall–Kier alpha value is -1.75. The number of nitrogens with one attached hydrogen (secondary N) is 2. The third-order valence-electron chi connectivity index (χ3n) is 2.30. The van der Waals surface area contributed by atoms with Crippen molar-refractivity contribution in [2.75, 3.05) is 7.05 Å². The third-order valence-corrected chi connectivity index (χ3v) is 2.30. The fraction of sp³-hybridized carbons (Fsp3) is 0.182. The zero-order valence-electron chi connectivity index (χ0n) is 8.67. The number of hydrogen-bond donors (Lipinski definition) is 2. The zero-order chi connectivity index (χ0) is 11.5. The summed E-state index contributed by atoms with van der Waals surface area (Å²) in [7, 11) is 1.70. The molecule has 1 unspecified atom stereocenters. The van der Waals surface area contributed by atoms with Crippen LogP contribution in [0, 0.1) is 11.6 Å². The van der Waals surface area contributed by atoms with Crippen LogP contribution in [0.25, 0.3) is 0 Å². The van der Waals surface area contributed by atoms with Crippen LogP contribution in [-0.2, 0) is 0 Å². The number of halogens is 2. The normalized spacial score (nSPS) is 12.7. The quantitative estimate of drug-likeness (QED) is 0.835. The monoisotopic (exact) mass is 223 g/mol. The van der Waals surface area contributed by atoms with Crippen LogP contribution in [0.4, 0.5) is 8.78 Å². The second kappa shape index (κ2) is 4.40. The van der Waals surface area contributed by atoms with Crippen LogP contribution in [0.3, 0.4) is 0 Å². The number of H-pyrrole nitrogens is 1. The maximum Gasteiger partial charge on any atom is 0.127 e. The van der Waals surface area contributed by atoms with E-state index in [-0.39, 0.29) is 6.04 Å². The molecule has 1 aromatic carbocycles. The summed E-state index contributed by atoms with van der Waals surface area (Å²) in [6.07, 6.45) is 3.25. The van der Waals surface area contributed by atoms with E-state index in [1.54, 1.807) is 19.4 Å². The average molecular weight is 223 g/mol. The van der Waals surface area contributed by atoms with Crippen LogP contribution >= 0.6 is 0 Å². The number of nitrogens with zero attached hydrogens (tertiary/aromatic N) is 1. The molecule has 0 amide bonds. The molecule has 5 heteroatoms. The summed E-state index contributed by atoms with van der Waals surface area (Å²) in [5, 5.41) is 2.95. The van der Waals surface area contributed by atoms with E-state index in [9.17, 15) is 8.78 Å². The highest BCUT2D eigenvalue weighted by Crippen LogP contribution is 2.20. The minimum atomic E-state index is -0.596. The number of hydrogen-bond acceptors (Lipinski definition) is 2. The lowest BCUT2D eigenvalue weighted by Crippen LogP contribution is -2.19. The lowest BCUT2D eigenvalue weighted by molar-refractivity contribution is 0.568. The molecule has 2 N–H and O–H groups in total. The van der Waals surface area contributed by atoms with Crippen molar-refractivity contribution in [3.8, 4) is 0 Å². The highest BCUT2D eigenvalue weighted by atomic mass is 19.1. The first-order valence-corrected chi connectivity index (χ1v) is 4.83. The van der Waals surface area contributed by atoms with Crippen molar-refractivity contribution in [3.63, 3.8) is 0 Å². The Morgan fingerprint density at radius 2 is 1.94 bits per heavy atom. The molecule has 0 spiro atoms. The van der Waals surface area contributed by atoms with Crippen molar-refractivity contribution < 1.29 is 8.78 Å². The zero-order valence-corrected chi connectivity index (χ0v) is 8.67. The van der Waals surface area contributed by atoms with E-state index in [4.69, 9.17) is 0 Å². The highest BCUT2D eigenvalue weighted by molar-refractivity contribution is 5.26. The number of rotatable bonds is 3. The molecule has 0 bridgehead atoms. The molecule has 0 saturated heterocycles. The van der Waals surface area contributed by atoms with E-state index in [1.807, 2.05) is 0 Å². The summed E-state index contributed by atoms with van der Waals surface area (Å²) in [4.78, 5) is 6.97. The molecule has 2 aromatic rings. The lowest BCUT2D eigenvalue weighted by Gasteiger charge is -2.14. The highest BCUT2D eigenvalue weighted by Gasteiger charge is 2.15. The molecular weight excluding hydrogens is 212 g/mol. The molecule has 0 aliphatic rings. The van der Waals surface area contributed by atoms with Crippen LogP contribution < -0.4 is 5.32 Å². The van der Waals surface area contributed by atoms with Gasteiger partial charge in [0.25, 0.3) is 0 Å². The molecule has 16 heavy (non-hydrogen) atoms. The Balaban J connectivity index is 2.41. The fourth-order valence-corrected chi connectivity index (χ4v) is 1.64. The van der Waals surface area contributed by atoms with E-state index in [1.165, 1.54) is 12.1 Å². The average Bonchev–Trinajstić information content (AvgIpc) is 2.70. The van der Waals surface area contributed by atoms with Crippen LogP contribution in [0.5, 0.6) is 0 Å². The van der Waals surface area contributed by atoms with Crippen LogP contribution in [0.1, 0.15) is 17.4 Å². The van der Waals surface area contributed by atoms with Gasteiger partial charge in [0.1, 0.15) is 17.5 Å². The molecule has 84 valence electrons. The van der Waals surface area contributed by atoms with Crippen molar-refractivity contribution in [2.24, 2.45) is 0 Å². The third kappa shape index (κ3) is 2.09. The summed E-state index contributed by atoms with van der Waals surface area (Å²) < 4.78 is 26.1. The molecular formula is C11H11F2N3. The largest absolute Gasteiger partial charge is 0.347 e. The van der Waals surface area contributed by atoms with Gasteiger partial charge in [-0.2, -0.15) is 0 Å². The molecule has 0 aliphatic carbocycles. The van der Waals surface area contributed by atoms with Crippen molar-refractivity contribution in [1.82, 2.24) is 15.3 Å².